The van der Waals surface area contributed by atoms with Crippen molar-refractivity contribution in [2.45, 2.75) is 13.3 Å². The molecule has 0 aliphatic rings. The van der Waals surface area contributed by atoms with Crippen molar-refractivity contribution < 1.29 is 4.79 Å². The minimum absolute atomic E-state index is 0. The van der Waals surface area contributed by atoms with Crippen LogP contribution in [0.15, 0.2) is 35.1 Å². The predicted octanol–water partition coefficient (Wildman–Crippen LogP) is 1.69. The van der Waals surface area contributed by atoms with Crippen LogP contribution in [-0.2, 0) is 7.05 Å². The monoisotopic (exact) mass is 323 g/mol. The number of aromatic nitrogens is 1. The number of pyridine rings is 1. The van der Waals surface area contributed by atoms with Crippen LogP contribution >= 0.6 is 12.4 Å². The van der Waals surface area contributed by atoms with Crippen LogP contribution in [-0.4, -0.2) is 30.1 Å². The van der Waals surface area contributed by atoms with Gasteiger partial charge >= 0.3 is 0 Å². The molecule has 2 aromatic rings. The number of aryl methyl sites for hydroxylation is 1. The Morgan fingerprint density at radius 2 is 1.91 bits per heavy atom. The standard InChI is InChI=1S/C16H21N3O2.ClH/c1-3-8-17-9-10-18-16(21)13-11-15(20)19(2)14-7-5-4-6-12(13)14;/h4-7,11,17H,3,8-10H2,1-2H3,(H,18,21);1H. The minimum Gasteiger partial charge on any atom is -0.351 e. The molecule has 6 heteroatoms. The van der Waals surface area contributed by atoms with E-state index in [2.05, 4.69) is 17.6 Å². The second-order valence-electron chi connectivity index (χ2n) is 4.98. The van der Waals surface area contributed by atoms with Crippen LogP contribution in [0, 0.1) is 0 Å². The van der Waals surface area contributed by atoms with E-state index in [9.17, 15) is 9.59 Å². The smallest absolute Gasteiger partial charge is 0.252 e. The lowest BCUT2D eigenvalue weighted by Crippen LogP contribution is -2.33. The molecule has 0 bridgehead atoms. The van der Waals surface area contributed by atoms with Crippen LogP contribution in [0.2, 0.25) is 0 Å². The maximum Gasteiger partial charge on any atom is 0.252 e. The molecular weight excluding hydrogens is 302 g/mol. The number of nitrogens with one attached hydrogen (secondary N) is 2. The highest BCUT2D eigenvalue weighted by atomic mass is 35.5. The number of halogens is 1. The van der Waals surface area contributed by atoms with Crippen LogP contribution in [0.3, 0.4) is 0 Å². The van der Waals surface area contributed by atoms with Gasteiger partial charge in [0.15, 0.2) is 0 Å². The number of para-hydroxylation sites is 1. The summed E-state index contributed by atoms with van der Waals surface area (Å²) in [6.45, 7) is 4.30. The average molecular weight is 324 g/mol. The summed E-state index contributed by atoms with van der Waals surface area (Å²) in [7, 11) is 1.71. The van der Waals surface area contributed by atoms with E-state index in [0.717, 1.165) is 30.4 Å². The van der Waals surface area contributed by atoms with Gasteiger partial charge in [-0.25, -0.2) is 0 Å². The number of benzene rings is 1. The number of carbonyl (C=O) groups is 1. The second kappa shape index (κ2) is 8.56. The van der Waals surface area contributed by atoms with E-state index >= 15 is 0 Å². The fourth-order valence-electron chi connectivity index (χ4n) is 2.26. The fraction of sp³-hybridized carbons (Fsp3) is 0.375. The molecule has 1 amide bonds. The molecule has 2 N–H and O–H groups in total. The summed E-state index contributed by atoms with van der Waals surface area (Å²) in [6.07, 6.45) is 1.06. The van der Waals surface area contributed by atoms with E-state index < -0.39 is 0 Å². The number of fused-ring (bicyclic) bond motifs is 1. The number of carbonyl (C=O) groups excluding carboxylic acids is 1. The zero-order chi connectivity index (χ0) is 15.2. The molecule has 0 saturated heterocycles. The SMILES string of the molecule is CCCNCCNC(=O)c1cc(=O)n(C)c2ccccc12.Cl. The van der Waals surface area contributed by atoms with Crippen molar-refractivity contribution >= 4 is 29.2 Å². The van der Waals surface area contributed by atoms with Gasteiger partial charge in [-0.05, 0) is 19.0 Å². The van der Waals surface area contributed by atoms with Crippen LogP contribution in [0.1, 0.15) is 23.7 Å². The molecule has 0 fully saturated rings. The van der Waals surface area contributed by atoms with Crippen molar-refractivity contribution in [3.05, 3.63) is 46.2 Å². The largest absolute Gasteiger partial charge is 0.351 e. The molecule has 0 unspecified atom stereocenters. The fourth-order valence-corrected chi connectivity index (χ4v) is 2.26. The lowest BCUT2D eigenvalue weighted by atomic mass is 10.1. The van der Waals surface area contributed by atoms with Gasteiger partial charge in [0.05, 0.1) is 11.1 Å². The molecule has 0 radical (unpaired) electrons. The van der Waals surface area contributed by atoms with Gasteiger partial charge in [0.25, 0.3) is 11.5 Å². The molecule has 2 rings (SSSR count). The quantitative estimate of drug-likeness (QED) is 0.795. The van der Waals surface area contributed by atoms with Crippen LogP contribution in [0.5, 0.6) is 0 Å². The van der Waals surface area contributed by atoms with E-state index in [4.69, 9.17) is 0 Å². The maximum absolute atomic E-state index is 12.3. The Bertz CT molecular complexity index is 697. The van der Waals surface area contributed by atoms with Gasteiger partial charge in [-0.15, -0.1) is 12.4 Å². The van der Waals surface area contributed by atoms with Gasteiger partial charge in [-0.2, -0.15) is 0 Å². The molecule has 1 heterocycles. The first-order valence-corrected chi connectivity index (χ1v) is 7.23. The normalized spacial score (nSPS) is 10.3. The first kappa shape index (κ1) is 18.2. The molecule has 1 aromatic heterocycles. The summed E-state index contributed by atoms with van der Waals surface area (Å²) < 4.78 is 1.55. The van der Waals surface area contributed by atoms with Gasteiger partial charge in [0, 0.05) is 31.6 Å². The Kier molecular flexibility index (Phi) is 7.08. The molecule has 0 aliphatic carbocycles. The molecule has 0 saturated carbocycles. The summed E-state index contributed by atoms with van der Waals surface area (Å²) in [4.78, 5) is 24.2. The molecule has 0 aliphatic heterocycles. The topological polar surface area (TPSA) is 63.1 Å². The molecule has 0 spiro atoms. The minimum atomic E-state index is -0.206. The third-order valence-corrected chi connectivity index (χ3v) is 3.41. The van der Waals surface area contributed by atoms with Crippen LogP contribution in [0.25, 0.3) is 10.9 Å². The molecular formula is C16H22ClN3O2. The number of hydrogen-bond donors (Lipinski definition) is 2. The molecule has 22 heavy (non-hydrogen) atoms. The molecule has 120 valence electrons. The molecule has 5 nitrogen and oxygen atoms in total. The highest BCUT2D eigenvalue weighted by molar-refractivity contribution is 6.06. The lowest BCUT2D eigenvalue weighted by molar-refractivity contribution is 0.0955. The van der Waals surface area contributed by atoms with Crippen molar-refractivity contribution in [1.29, 1.82) is 0 Å². The van der Waals surface area contributed by atoms with Crippen molar-refractivity contribution in [1.82, 2.24) is 15.2 Å². The lowest BCUT2D eigenvalue weighted by Gasteiger charge is -2.10. The predicted molar refractivity (Wildman–Crippen MR) is 91.9 cm³/mol. The third kappa shape index (κ3) is 4.08. The van der Waals surface area contributed by atoms with Gasteiger partial charge < -0.3 is 15.2 Å². The maximum atomic E-state index is 12.3. The van der Waals surface area contributed by atoms with Crippen molar-refractivity contribution in [3.8, 4) is 0 Å². The van der Waals surface area contributed by atoms with E-state index in [1.165, 1.54) is 6.07 Å². The first-order chi connectivity index (χ1) is 10.1. The number of nitrogens with zero attached hydrogens (tertiary/aromatic N) is 1. The Morgan fingerprint density at radius 1 is 1.18 bits per heavy atom. The van der Waals surface area contributed by atoms with Gasteiger partial charge in [-0.1, -0.05) is 25.1 Å². The first-order valence-electron chi connectivity index (χ1n) is 7.23. The van der Waals surface area contributed by atoms with Crippen molar-refractivity contribution in [2.75, 3.05) is 19.6 Å². The van der Waals surface area contributed by atoms with Gasteiger partial charge in [0.2, 0.25) is 0 Å². The summed E-state index contributed by atoms with van der Waals surface area (Å²) in [5.74, 6) is -0.206. The van der Waals surface area contributed by atoms with Crippen molar-refractivity contribution in [3.63, 3.8) is 0 Å². The summed E-state index contributed by atoms with van der Waals surface area (Å²) in [5, 5.41) is 6.86. The van der Waals surface area contributed by atoms with Crippen LogP contribution < -0.4 is 16.2 Å². The summed E-state index contributed by atoms with van der Waals surface area (Å²) >= 11 is 0. The molecule has 1 aromatic carbocycles. The number of amides is 1. The Hall–Kier alpha value is -1.85. The van der Waals surface area contributed by atoms with E-state index in [0.29, 0.717) is 12.1 Å². The van der Waals surface area contributed by atoms with E-state index in [1.807, 2.05) is 24.3 Å². The Balaban J connectivity index is 0.00000242. The van der Waals surface area contributed by atoms with Gasteiger partial charge in [-0.3, -0.25) is 9.59 Å². The van der Waals surface area contributed by atoms with E-state index in [-0.39, 0.29) is 23.9 Å². The number of rotatable bonds is 6. The highest BCUT2D eigenvalue weighted by Crippen LogP contribution is 2.15. The highest BCUT2D eigenvalue weighted by Gasteiger charge is 2.12. The summed E-state index contributed by atoms with van der Waals surface area (Å²) in [6, 6.07) is 8.83. The Labute approximate surface area is 136 Å². The van der Waals surface area contributed by atoms with E-state index in [1.54, 1.807) is 11.6 Å². The Morgan fingerprint density at radius 3 is 2.64 bits per heavy atom. The molecule has 0 atom stereocenters. The zero-order valence-electron chi connectivity index (χ0n) is 12.9. The third-order valence-electron chi connectivity index (χ3n) is 3.41. The second-order valence-corrected chi connectivity index (χ2v) is 4.98. The van der Waals surface area contributed by atoms with Crippen LogP contribution in [0.4, 0.5) is 0 Å². The summed E-state index contributed by atoms with van der Waals surface area (Å²) in [5.41, 5.74) is 1.02. The average Bonchev–Trinajstić information content (AvgIpc) is 2.50. The van der Waals surface area contributed by atoms with Gasteiger partial charge in [0.1, 0.15) is 0 Å². The van der Waals surface area contributed by atoms with Crippen molar-refractivity contribution in [2.24, 2.45) is 7.05 Å². The number of hydrogen-bond acceptors (Lipinski definition) is 3. The zero-order valence-corrected chi connectivity index (χ0v) is 13.7.